The molecular formula is C15H31NO2S. The van der Waals surface area contributed by atoms with Crippen molar-refractivity contribution >= 4 is 9.84 Å². The van der Waals surface area contributed by atoms with E-state index < -0.39 is 9.84 Å². The number of sulfone groups is 1. The SMILES string of the molecule is CCS(=O)(=O)CCCC1(CNC(C)(C)C)CCCC1. The zero-order valence-corrected chi connectivity index (χ0v) is 13.9. The molecule has 0 bridgehead atoms. The molecule has 0 heterocycles. The van der Waals surface area contributed by atoms with Crippen molar-refractivity contribution in [2.75, 3.05) is 18.1 Å². The van der Waals surface area contributed by atoms with Crippen molar-refractivity contribution in [3.8, 4) is 0 Å². The molecule has 1 rings (SSSR count). The minimum atomic E-state index is -2.80. The van der Waals surface area contributed by atoms with E-state index >= 15 is 0 Å². The zero-order valence-electron chi connectivity index (χ0n) is 13.1. The Morgan fingerprint density at radius 2 is 1.74 bits per heavy atom. The molecule has 0 saturated heterocycles. The van der Waals surface area contributed by atoms with Gasteiger partial charge in [-0.2, -0.15) is 0 Å². The molecule has 0 atom stereocenters. The summed E-state index contributed by atoms with van der Waals surface area (Å²) < 4.78 is 23.2. The van der Waals surface area contributed by atoms with Crippen LogP contribution in [-0.2, 0) is 9.84 Å². The van der Waals surface area contributed by atoms with Crippen LogP contribution in [0.2, 0.25) is 0 Å². The molecule has 0 aliphatic heterocycles. The molecule has 1 fully saturated rings. The summed E-state index contributed by atoms with van der Waals surface area (Å²) in [6.07, 6.45) is 6.97. The highest BCUT2D eigenvalue weighted by atomic mass is 32.2. The molecule has 114 valence electrons. The van der Waals surface area contributed by atoms with Crippen LogP contribution in [0.15, 0.2) is 0 Å². The quantitative estimate of drug-likeness (QED) is 0.783. The monoisotopic (exact) mass is 289 g/mol. The molecule has 0 aromatic carbocycles. The smallest absolute Gasteiger partial charge is 0.150 e. The minimum Gasteiger partial charge on any atom is -0.312 e. The third-order valence-corrected chi connectivity index (χ3v) is 6.05. The Kier molecular flexibility index (Phi) is 5.87. The van der Waals surface area contributed by atoms with Gasteiger partial charge in [0.2, 0.25) is 0 Å². The van der Waals surface area contributed by atoms with Crippen LogP contribution in [0.3, 0.4) is 0 Å². The third-order valence-electron chi connectivity index (χ3n) is 4.26. The van der Waals surface area contributed by atoms with Crippen molar-refractivity contribution in [3.05, 3.63) is 0 Å². The first-order valence-corrected chi connectivity index (χ1v) is 9.46. The van der Waals surface area contributed by atoms with Gasteiger partial charge in [0.15, 0.2) is 0 Å². The predicted octanol–water partition coefficient (Wildman–Crippen LogP) is 3.15. The van der Waals surface area contributed by atoms with E-state index in [1.807, 2.05) is 0 Å². The highest BCUT2D eigenvalue weighted by molar-refractivity contribution is 7.91. The number of hydrogen-bond acceptors (Lipinski definition) is 3. The Hall–Kier alpha value is -0.0900. The van der Waals surface area contributed by atoms with Gasteiger partial charge in [-0.1, -0.05) is 19.8 Å². The molecule has 0 amide bonds. The average Bonchev–Trinajstić information content (AvgIpc) is 2.75. The molecule has 1 saturated carbocycles. The van der Waals surface area contributed by atoms with Gasteiger partial charge >= 0.3 is 0 Å². The summed E-state index contributed by atoms with van der Waals surface area (Å²) in [5, 5.41) is 3.62. The third kappa shape index (κ3) is 6.26. The van der Waals surface area contributed by atoms with Crippen molar-refractivity contribution in [2.45, 2.75) is 71.8 Å². The summed E-state index contributed by atoms with van der Waals surface area (Å²) in [4.78, 5) is 0. The fourth-order valence-electron chi connectivity index (χ4n) is 2.90. The standard InChI is InChI=1S/C15H31NO2S/c1-5-19(17,18)12-8-11-15(9-6-7-10-15)13-16-14(2,3)4/h16H,5-13H2,1-4H3. The Bertz CT molecular complexity index is 362. The molecule has 0 unspecified atom stereocenters. The van der Waals surface area contributed by atoms with Crippen LogP contribution in [0, 0.1) is 5.41 Å². The molecule has 0 spiro atoms. The summed E-state index contributed by atoms with van der Waals surface area (Å²) in [7, 11) is -2.80. The number of rotatable bonds is 7. The molecule has 3 nitrogen and oxygen atoms in total. The van der Waals surface area contributed by atoms with Gasteiger partial charge in [0, 0.05) is 17.8 Å². The van der Waals surface area contributed by atoms with E-state index in [1.165, 1.54) is 25.7 Å². The van der Waals surface area contributed by atoms with Gasteiger partial charge in [-0.05, 0) is 51.9 Å². The second-order valence-corrected chi connectivity index (χ2v) is 9.62. The van der Waals surface area contributed by atoms with Crippen LogP contribution in [0.25, 0.3) is 0 Å². The maximum absolute atomic E-state index is 11.6. The van der Waals surface area contributed by atoms with Gasteiger partial charge in [0.1, 0.15) is 9.84 Å². The van der Waals surface area contributed by atoms with Crippen molar-refractivity contribution in [3.63, 3.8) is 0 Å². The van der Waals surface area contributed by atoms with Crippen molar-refractivity contribution < 1.29 is 8.42 Å². The first kappa shape index (κ1) is 17.0. The lowest BCUT2D eigenvalue weighted by Crippen LogP contribution is -2.43. The predicted molar refractivity (Wildman–Crippen MR) is 82.2 cm³/mol. The minimum absolute atomic E-state index is 0.144. The normalized spacial score (nSPS) is 19.8. The Morgan fingerprint density at radius 3 is 2.21 bits per heavy atom. The van der Waals surface area contributed by atoms with Crippen LogP contribution in [-0.4, -0.2) is 32.0 Å². The molecule has 1 N–H and O–H groups in total. The van der Waals surface area contributed by atoms with Crippen LogP contribution >= 0.6 is 0 Å². The van der Waals surface area contributed by atoms with Gasteiger partial charge in [0.05, 0.1) is 5.75 Å². The lowest BCUT2D eigenvalue weighted by atomic mass is 9.81. The van der Waals surface area contributed by atoms with Crippen molar-refractivity contribution in [2.24, 2.45) is 5.41 Å². The van der Waals surface area contributed by atoms with E-state index in [9.17, 15) is 8.42 Å². The highest BCUT2D eigenvalue weighted by Crippen LogP contribution is 2.41. The fourth-order valence-corrected chi connectivity index (χ4v) is 3.78. The second kappa shape index (κ2) is 6.57. The molecule has 1 aliphatic carbocycles. The summed E-state index contributed by atoms with van der Waals surface area (Å²) in [6, 6.07) is 0. The second-order valence-electron chi connectivity index (χ2n) is 7.15. The van der Waals surface area contributed by atoms with Crippen LogP contribution in [0.4, 0.5) is 0 Å². The highest BCUT2D eigenvalue weighted by Gasteiger charge is 2.34. The number of nitrogens with one attached hydrogen (secondary N) is 1. The van der Waals surface area contributed by atoms with Crippen molar-refractivity contribution in [1.29, 1.82) is 0 Å². The van der Waals surface area contributed by atoms with Crippen LogP contribution in [0.1, 0.15) is 66.2 Å². The first-order valence-electron chi connectivity index (χ1n) is 7.64. The van der Waals surface area contributed by atoms with Gasteiger partial charge in [-0.25, -0.2) is 8.42 Å². The maximum Gasteiger partial charge on any atom is 0.150 e. The van der Waals surface area contributed by atoms with E-state index in [4.69, 9.17) is 0 Å². The first-order chi connectivity index (χ1) is 8.68. The maximum atomic E-state index is 11.6. The van der Waals surface area contributed by atoms with Crippen LogP contribution < -0.4 is 5.32 Å². The summed E-state index contributed by atoms with van der Waals surface area (Å²) in [5.41, 5.74) is 0.488. The molecule has 0 radical (unpaired) electrons. The van der Waals surface area contributed by atoms with E-state index in [-0.39, 0.29) is 11.3 Å². The Labute approximate surface area is 119 Å². The van der Waals surface area contributed by atoms with E-state index in [0.29, 0.717) is 11.2 Å². The molecule has 19 heavy (non-hydrogen) atoms. The van der Waals surface area contributed by atoms with E-state index in [0.717, 1.165) is 19.4 Å². The van der Waals surface area contributed by atoms with Crippen LogP contribution in [0.5, 0.6) is 0 Å². The summed E-state index contributed by atoms with van der Waals surface area (Å²) in [5.74, 6) is 0.640. The zero-order chi connectivity index (χ0) is 14.6. The summed E-state index contributed by atoms with van der Waals surface area (Å²) >= 11 is 0. The van der Waals surface area contributed by atoms with Gasteiger partial charge in [0.25, 0.3) is 0 Å². The molecule has 0 aromatic rings. The summed E-state index contributed by atoms with van der Waals surface area (Å²) in [6.45, 7) is 9.34. The largest absolute Gasteiger partial charge is 0.312 e. The van der Waals surface area contributed by atoms with Gasteiger partial charge in [-0.15, -0.1) is 0 Å². The molecule has 1 aliphatic rings. The molecule has 4 heteroatoms. The lowest BCUT2D eigenvalue weighted by molar-refractivity contribution is 0.227. The number of hydrogen-bond donors (Lipinski definition) is 1. The molecule has 0 aromatic heterocycles. The van der Waals surface area contributed by atoms with E-state index in [2.05, 4.69) is 26.1 Å². The fraction of sp³-hybridized carbons (Fsp3) is 1.00. The lowest BCUT2D eigenvalue weighted by Gasteiger charge is -2.33. The van der Waals surface area contributed by atoms with Gasteiger partial charge in [-0.3, -0.25) is 0 Å². The Balaban J connectivity index is 2.48. The topological polar surface area (TPSA) is 46.2 Å². The Morgan fingerprint density at radius 1 is 1.16 bits per heavy atom. The molecular weight excluding hydrogens is 258 g/mol. The van der Waals surface area contributed by atoms with E-state index in [1.54, 1.807) is 6.92 Å². The average molecular weight is 289 g/mol. The van der Waals surface area contributed by atoms with Gasteiger partial charge < -0.3 is 5.32 Å². The van der Waals surface area contributed by atoms with Crippen molar-refractivity contribution in [1.82, 2.24) is 5.32 Å².